The van der Waals surface area contributed by atoms with E-state index in [0.717, 1.165) is 0 Å². The predicted octanol–water partition coefficient (Wildman–Crippen LogP) is 4.32. The van der Waals surface area contributed by atoms with Crippen molar-refractivity contribution in [3.63, 3.8) is 0 Å². The summed E-state index contributed by atoms with van der Waals surface area (Å²) in [6.45, 7) is 2.50. The van der Waals surface area contributed by atoms with Crippen molar-refractivity contribution in [2.24, 2.45) is 0 Å². The van der Waals surface area contributed by atoms with Crippen LogP contribution in [0, 0.1) is 6.92 Å². The number of halogens is 4. The van der Waals surface area contributed by atoms with Crippen molar-refractivity contribution in [2.45, 2.75) is 25.7 Å². The maximum absolute atomic E-state index is 14.2. The van der Waals surface area contributed by atoms with E-state index in [1.54, 1.807) is 5.32 Å². The molecule has 0 heterocycles. The molecule has 0 unspecified atom stereocenters. The van der Waals surface area contributed by atoms with Crippen LogP contribution < -0.4 is 15.4 Å². The van der Waals surface area contributed by atoms with Gasteiger partial charge in [-0.05, 0) is 55.8 Å². The second-order valence-electron chi connectivity index (χ2n) is 6.19. The van der Waals surface area contributed by atoms with Crippen molar-refractivity contribution < 1.29 is 32.2 Å². The molecule has 2 rings (SSSR count). The lowest BCUT2D eigenvalue weighted by molar-refractivity contribution is -0.204. The number of carbonyl (C=O) groups excluding carboxylic acids is 2. The lowest BCUT2D eigenvalue weighted by atomic mass is 10.1. The number of anilines is 1. The molecule has 0 aliphatic rings. The number of hydrogen-bond donors (Lipinski definition) is 2. The smallest absolute Gasteiger partial charge is 0.441 e. The van der Waals surface area contributed by atoms with Gasteiger partial charge < -0.3 is 20.1 Å². The third kappa shape index (κ3) is 4.79. The van der Waals surface area contributed by atoms with E-state index in [0.29, 0.717) is 5.75 Å². The normalized spacial score (nSPS) is 13.2. The van der Waals surface area contributed by atoms with Crippen molar-refractivity contribution in [1.29, 1.82) is 0 Å². The number of alkyl halides is 3. The first-order valence-corrected chi connectivity index (χ1v) is 9.17. The summed E-state index contributed by atoms with van der Waals surface area (Å²) < 4.78 is 52.3. The molecule has 6 nitrogen and oxygen atoms in total. The van der Waals surface area contributed by atoms with Gasteiger partial charge in [-0.3, -0.25) is 4.79 Å². The monoisotopic (exact) mass is 444 g/mol. The molecule has 0 saturated heterocycles. The van der Waals surface area contributed by atoms with Crippen LogP contribution in [0.1, 0.15) is 22.8 Å². The number of rotatable bonds is 7. The molecule has 0 spiro atoms. The maximum Gasteiger partial charge on any atom is 0.441 e. The summed E-state index contributed by atoms with van der Waals surface area (Å²) in [5.41, 5.74) is -3.49. The first-order valence-electron chi connectivity index (χ1n) is 8.79. The third-order valence-corrected chi connectivity index (χ3v) is 4.66. The minimum Gasteiger partial charge on any atom is -0.497 e. The summed E-state index contributed by atoms with van der Waals surface area (Å²) in [5.74, 6) is -2.44. The molecular weight excluding hydrogens is 425 g/mol. The fourth-order valence-electron chi connectivity index (χ4n) is 2.56. The number of esters is 1. The Labute approximate surface area is 176 Å². The Morgan fingerprint density at radius 2 is 1.73 bits per heavy atom. The fraction of sp³-hybridized carbons (Fsp3) is 0.300. The summed E-state index contributed by atoms with van der Waals surface area (Å²) in [5, 5.41) is 4.06. The molecule has 2 N–H and O–H groups in total. The lowest BCUT2D eigenvalue weighted by Gasteiger charge is -2.35. The van der Waals surface area contributed by atoms with Crippen LogP contribution >= 0.6 is 11.6 Å². The fourth-order valence-corrected chi connectivity index (χ4v) is 2.73. The van der Waals surface area contributed by atoms with Crippen molar-refractivity contribution >= 4 is 29.2 Å². The minimum atomic E-state index is -5.25. The van der Waals surface area contributed by atoms with Gasteiger partial charge in [0.2, 0.25) is 0 Å². The summed E-state index contributed by atoms with van der Waals surface area (Å²) >= 11 is 5.99. The van der Waals surface area contributed by atoms with Gasteiger partial charge in [-0.2, -0.15) is 13.2 Å². The molecule has 0 aliphatic carbocycles. The van der Waals surface area contributed by atoms with E-state index in [9.17, 15) is 22.8 Å². The molecule has 0 radical (unpaired) electrons. The van der Waals surface area contributed by atoms with E-state index < -0.39 is 23.7 Å². The molecule has 2 aromatic carbocycles. The first-order chi connectivity index (χ1) is 14.1. The molecule has 2 aromatic rings. The first kappa shape index (κ1) is 23.3. The molecule has 0 aliphatic heterocycles. The minimum absolute atomic E-state index is 0.0945. The number of nitrogens with one attached hydrogen (secondary N) is 2. The van der Waals surface area contributed by atoms with Gasteiger partial charge in [-0.15, -0.1) is 0 Å². The Balaban J connectivity index is 2.53. The predicted molar refractivity (Wildman–Crippen MR) is 106 cm³/mol. The Morgan fingerprint density at radius 1 is 1.10 bits per heavy atom. The van der Waals surface area contributed by atoms with Gasteiger partial charge in [0.05, 0.1) is 13.7 Å². The van der Waals surface area contributed by atoms with Gasteiger partial charge in [-0.25, -0.2) is 4.79 Å². The summed E-state index contributed by atoms with van der Waals surface area (Å²) in [6.07, 6.45) is -5.25. The van der Waals surface area contributed by atoms with Crippen LogP contribution in [0.25, 0.3) is 0 Å². The molecule has 30 heavy (non-hydrogen) atoms. The van der Waals surface area contributed by atoms with Crippen LogP contribution in [0.2, 0.25) is 5.02 Å². The Morgan fingerprint density at radius 3 is 2.27 bits per heavy atom. The summed E-state index contributed by atoms with van der Waals surface area (Å²) in [7, 11) is 1.40. The van der Waals surface area contributed by atoms with Crippen LogP contribution in [0.3, 0.4) is 0 Å². The van der Waals surface area contributed by atoms with E-state index >= 15 is 0 Å². The molecule has 0 saturated carbocycles. The molecule has 0 fully saturated rings. The molecular formula is C20H20ClF3N2O4. The Kier molecular flexibility index (Phi) is 7.20. The zero-order valence-electron chi connectivity index (χ0n) is 16.4. The number of ether oxygens (including phenoxy) is 2. The SMILES string of the molecule is CCOC(=O)[C@](NC(=O)c1ccc(OC)cc1)(Nc1cccc(Cl)c1C)C(F)(F)F. The second-order valence-corrected chi connectivity index (χ2v) is 6.60. The molecule has 1 amide bonds. The second kappa shape index (κ2) is 9.25. The van der Waals surface area contributed by atoms with Crippen LogP contribution in [0.4, 0.5) is 18.9 Å². The topological polar surface area (TPSA) is 76.7 Å². The molecule has 0 bridgehead atoms. The van der Waals surface area contributed by atoms with E-state index in [1.807, 2.05) is 0 Å². The lowest BCUT2D eigenvalue weighted by Crippen LogP contribution is -2.69. The van der Waals surface area contributed by atoms with Gasteiger partial charge in [0, 0.05) is 16.3 Å². The average Bonchev–Trinajstić information content (AvgIpc) is 2.70. The Hall–Kier alpha value is -2.94. The number of methoxy groups -OCH3 is 1. The van der Waals surface area contributed by atoms with E-state index in [-0.39, 0.29) is 28.4 Å². The standard InChI is InChI=1S/C20H20ClF3N2O4/c1-4-30-18(28)19(20(22,23)24,25-16-7-5-6-15(21)12(16)2)26-17(27)13-8-10-14(29-3)11-9-13/h5-11,25H,4H2,1-3H3,(H,26,27)/t19-/m1/s1. The van der Waals surface area contributed by atoms with Crippen molar-refractivity contribution in [3.8, 4) is 5.75 Å². The van der Waals surface area contributed by atoms with Gasteiger partial charge >= 0.3 is 17.8 Å². The van der Waals surface area contributed by atoms with E-state index in [2.05, 4.69) is 10.1 Å². The molecule has 1 atom stereocenters. The van der Waals surface area contributed by atoms with Gasteiger partial charge in [0.1, 0.15) is 5.75 Å². The third-order valence-electron chi connectivity index (χ3n) is 4.25. The van der Waals surface area contributed by atoms with Crippen LogP contribution in [0.15, 0.2) is 42.5 Å². The highest BCUT2D eigenvalue weighted by Gasteiger charge is 2.63. The maximum atomic E-state index is 14.2. The van der Waals surface area contributed by atoms with E-state index in [4.69, 9.17) is 16.3 Å². The molecule has 10 heteroatoms. The number of amides is 1. The zero-order valence-corrected chi connectivity index (χ0v) is 17.1. The van der Waals surface area contributed by atoms with Crippen molar-refractivity contribution in [1.82, 2.24) is 5.32 Å². The molecule has 162 valence electrons. The highest BCUT2D eigenvalue weighted by atomic mass is 35.5. The number of hydrogen-bond acceptors (Lipinski definition) is 5. The van der Waals surface area contributed by atoms with Crippen molar-refractivity contribution in [2.75, 3.05) is 19.0 Å². The number of benzene rings is 2. The van der Waals surface area contributed by atoms with Crippen LogP contribution in [-0.4, -0.2) is 37.4 Å². The highest BCUT2D eigenvalue weighted by Crippen LogP contribution is 2.35. The number of carbonyl (C=O) groups is 2. The van der Waals surface area contributed by atoms with Crippen LogP contribution in [0.5, 0.6) is 5.75 Å². The highest BCUT2D eigenvalue weighted by molar-refractivity contribution is 6.31. The molecule has 0 aromatic heterocycles. The Bertz CT molecular complexity index is 919. The average molecular weight is 445 g/mol. The summed E-state index contributed by atoms with van der Waals surface area (Å²) in [6, 6.07) is 9.55. The van der Waals surface area contributed by atoms with Gasteiger partial charge in [0.25, 0.3) is 5.91 Å². The van der Waals surface area contributed by atoms with Gasteiger partial charge in [-0.1, -0.05) is 17.7 Å². The largest absolute Gasteiger partial charge is 0.497 e. The van der Waals surface area contributed by atoms with Crippen LogP contribution in [-0.2, 0) is 9.53 Å². The van der Waals surface area contributed by atoms with Gasteiger partial charge in [0.15, 0.2) is 0 Å². The quantitative estimate of drug-likeness (QED) is 0.491. The zero-order chi connectivity index (χ0) is 22.5. The van der Waals surface area contributed by atoms with Crippen molar-refractivity contribution in [3.05, 3.63) is 58.6 Å². The van der Waals surface area contributed by atoms with E-state index in [1.165, 1.54) is 63.4 Å². The summed E-state index contributed by atoms with van der Waals surface area (Å²) in [4.78, 5) is 25.1.